The number of ketones is 1. The molecule has 0 aromatic rings. The molecule has 3 heterocycles. The van der Waals surface area contributed by atoms with Crippen molar-refractivity contribution in [3.05, 3.63) is 36.0 Å². The molecule has 1 aliphatic carbocycles. The Morgan fingerprint density at radius 2 is 1.74 bits per heavy atom. The normalized spacial score (nSPS) is 35.9. The van der Waals surface area contributed by atoms with Gasteiger partial charge in [0.15, 0.2) is 0 Å². The number of hydrogen-bond acceptors (Lipinski definition) is 8. The van der Waals surface area contributed by atoms with Gasteiger partial charge in [-0.3, -0.25) is 14.4 Å². The van der Waals surface area contributed by atoms with E-state index in [1.807, 2.05) is 6.92 Å². The van der Waals surface area contributed by atoms with Gasteiger partial charge in [-0.1, -0.05) is 30.7 Å². The summed E-state index contributed by atoms with van der Waals surface area (Å²) in [6, 6.07) is 0.564. The van der Waals surface area contributed by atoms with Crippen molar-refractivity contribution >= 4 is 17.7 Å². The third-order valence-electron chi connectivity index (χ3n) is 10.3. The van der Waals surface area contributed by atoms with Gasteiger partial charge in [-0.2, -0.15) is 0 Å². The highest BCUT2D eigenvalue weighted by Gasteiger charge is 2.51. The highest BCUT2D eigenvalue weighted by molar-refractivity contribution is 5.87. The number of carbonyl (C=O) groups is 3. The van der Waals surface area contributed by atoms with Gasteiger partial charge in [-0.15, -0.1) is 0 Å². The van der Waals surface area contributed by atoms with Gasteiger partial charge in [0.25, 0.3) is 0 Å². The van der Waals surface area contributed by atoms with Gasteiger partial charge < -0.3 is 29.2 Å². The smallest absolute Gasteiger partial charge is 0.303 e. The molecular formula is C37H58N2O7. The first kappa shape index (κ1) is 36.5. The minimum atomic E-state index is -0.456. The molecule has 9 nitrogen and oxygen atoms in total. The molecule has 3 aliphatic heterocycles. The number of nitrogens with one attached hydrogen (secondary N) is 1. The van der Waals surface area contributed by atoms with Crippen LogP contribution in [0.3, 0.4) is 0 Å². The Balaban J connectivity index is 1.21. The van der Waals surface area contributed by atoms with Gasteiger partial charge in [0.05, 0.1) is 42.7 Å². The topological polar surface area (TPSA) is 107 Å². The molecule has 0 radical (unpaired) electrons. The number of amides is 1. The first-order valence-corrected chi connectivity index (χ1v) is 17.4. The molecule has 0 bridgehead atoms. The van der Waals surface area contributed by atoms with E-state index in [-0.39, 0.29) is 53.9 Å². The van der Waals surface area contributed by atoms with Gasteiger partial charge in [0.2, 0.25) is 5.91 Å². The summed E-state index contributed by atoms with van der Waals surface area (Å²) in [6.45, 7) is 10.1. The second kappa shape index (κ2) is 16.7. The van der Waals surface area contributed by atoms with Crippen molar-refractivity contribution in [1.29, 1.82) is 0 Å². The summed E-state index contributed by atoms with van der Waals surface area (Å²) in [7, 11) is 4.30. The SMILES string of the molecule is CC(=O)O[C@@H](C)/C=C\C(=O)N[C@@H]1C[C@H](C)[C@H](C/C=C(C)/C=C/[C@@H]2C[C@]3(CO3)C[C@@H](CC(=O)CC3CCC(N(C)C)CC3)O2)O[C@@H]1C. The average Bonchev–Trinajstić information content (AvgIpc) is 3.72. The quantitative estimate of drug-likeness (QED) is 0.122. The molecule has 1 spiro atoms. The van der Waals surface area contributed by atoms with Gasteiger partial charge in [0, 0.05) is 44.7 Å². The summed E-state index contributed by atoms with van der Waals surface area (Å²) in [5, 5.41) is 3.04. The maximum absolute atomic E-state index is 13.0. The van der Waals surface area contributed by atoms with Crippen molar-refractivity contribution in [2.75, 3.05) is 20.7 Å². The third kappa shape index (κ3) is 11.4. The lowest BCUT2D eigenvalue weighted by Crippen LogP contribution is -2.50. The highest BCUT2D eigenvalue weighted by Crippen LogP contribution is 2.43. The highest BCUT2D eigenvalue weighted by atomic mass is 16.6. The Morgan fingerprint density at radius 3 is 2.39 bits per heavy atom. The van der Waals surface area contributed by atoms with E-state index in [1.54, 1.807) is 13.0 Å². The summed E-state index contributed by atoms with van der Waals surface area (Å²) in [5.74, 6) is 0.515. The molecule has 0 aromatic heterocycles. The standard InChI is InChI=1S/C37H58N2O7/c1-24(9-16-35-25(2)18-34(27(4)45-35)38-36(42)17-10-26(3)44-28(5)40)8-15-32-21-37(23-43-37)22-33(46-32)20-31(41)19-29-11-13-30(14-12-29)39(6)7/h8-10,15,17,25-27,29-30,32-35H,11-14,16,18-23H2,1-7H3,(H,38,42)/b15-8+,17-10-,24-9+/t25-,26-,27+,29?,30?,32+,33+,34+,35-,37+/m0/s1. The number of esters is 1. The lowest BCUT2D eigenvalue weighted by molar-refractivity contribution is -0.143. The van der Waals surface area contributed by atoms with E-state index in [2.05, 4.69) is 56.4 Å². The number of rotatable bonds is 13. The molecule has 258 valence electrons. The van der Waals surface area contributed by atoms with Crippen LogP contribution in [-0.2, 0) is 33.3 Å². The van der Waals surface area contributed by atoms with E-state index in [1.165, 1.54) is 25.8 Å². The number of epoxide rings is 1. The van der Waals surface area contributed by atoms with E-state index >= 15 is 0 Å². The van der Waals surface area contributed by atoms with Crippen LogP contribution in [0.4, 0.5) is 0 Å². The van der Waals surface area contributed by atoms with Crippen LogP contribution in [0.15, 0.2) is 36.0 Å². The summed E-state index contributed by atoms with van der Waals surface area (Å²) in [4.78, 5) is 38.8. The summed E-state index contributed by atoms with van der Waals surface area (Å²) < 4.78 is 23.7. The minimum absolute atomic E-state index is 0.0618. The molecule has 3 saturated heterocycles. The molecule has 1 N–H and O–H groups in total. The van der Waals surface area contributed by atoms with Gasteiger partial charge in [-0.25, -0.2) is 0 Å². The Bertz CT molecular complexity index is 1130. The zero-order valence-electron chi connectivity index (χ0n) is 29.2. The maximum Gasteiger partial charge on any atom is 0.303 e. The molecule has 0 aromatic carbocycles. The molecule has 9 heteroatoms. The summed E-state index contributed by atoms with van der Waals surface area (Å²) >= 11 is 0. The fourth-order valence-corrected chi connectivity index (χ4v) is 7.40. The second-order valence-electron chi connectivity index (χ2n) is 14.7. The van der Waals surface area contributed by atoms with Gasteiger partial charge >= 0.3 is 5.97 Å². The Labute approximate surface area is 276 Å². The molecule has 4 fully saturated rings. The first-order chi connectivity index (χ1) is 21.8. The van der Waals surface area contributed by atoms with Gasteiger partial charge in [0.1, 0.15) is 11.9 Å². The van der Waals surface area contributed by atoms with E-state index in [9.17, 15) is 14.4 Å². The van der Waals surface area contributed by atoms with Crippen LogP contribution < -0.4 is 5.32 Å². The number of Topliss-reactive ketones (excluding diaryl/α,β-unsaturated/α-hetero) is 1. The molecule has 1 amide bonds. The van der Waals surface area contributed by atoms with Crippen molar-refractivity contribution in [1.82, 2.24) is 10.2 Å². The zero-order chi connectivity index (χ0) is 33.4. The van der Waals surface area contributed by atoms with Crippen LogP contribution in [0.25, 0.3) is 0 Å². The van der Waals surface area contributed by atoms with Crippen LogP contribution in [-0.4, -0.2) is 91.5 Å². The first-order valence-electron chi connectivity index (χ1n) is 17.4. The average molecular weight is 643 g/mol. The number of allylic oxidation sites excluding steroid dienone is 2. The fraction of sp³-hybridized carbons (Fsp3) is 0.757. The maximum atomic E-state index is 13.0. The summed E-state index contributed by atoms with van der Waals surface area (Å²) in [5.41, 5.74) is 1.02. The van der Waals surface area contributed by atoms with Crippen LogP contribution in [0.2, 0.25) is 0 Å². The number of carbonyl (C=O) groups excluding carboxylic acids is 3. The molecule has 4 rings (SSSR count). The Morgan fingerprint density at radius 1 is 1.02 bits per heavy atom. The van der Waals surface area contributed by atoms with E-state index in [4.69, 9.17) is 18.9 Å². The Kier molecular flexibility index (Phi) is 13.2. The lowest BCUT2D eigenvalue weighted by Gasteiger charge is -2.39. The molecule has 1 saturated carbocycles. The van der Waals surface area contributed by atoms with Crippen LogP contribution in [0.5, 0.6) is 0 Å². The van der Waals surface area contributed by atoms with Crippen molar-refractivity contribution in [3.8, 4) is 0 Å². The van der Waals surface area contributed by atoms with Crippen LogP contribution in [0.1, 0.15) is 98.8 Å². The third-order valence-corrected chi connectivity index (χ3v) is 10.3. The fourth-order valence-electron chi connectivity index (χ4n) is 7.40. The molecule has 46 heavy (non-hydrogen) atoms. The van der Waals surface area contributed by atoms with E-state index in [0.29, 0.717) is 30.6 Å². The van der Waals surface area contributed by atoms with Crippen molar-refractivity contribution in [2.24, 2.45) is 11.8 Å². The predicted molar refractivity (Wildman–Crippen MR) is 178 cm³/mol. The van der Waals surface area contributed by atoms with Crippen LogP contribution >= 0.6 is 0 Å². The second-order valence-corrected chi connectivity index (χ2v) is 14.7. The minimum Gasteiger partial charge on any atom is -0.459 e. The largest absolute Gasteiger partial charge is 0.459 e. The van der Waals surface area contributed by atoms with Crippen molar-refractivity contribution in [3.63, 3.8) is 0 Å². The number of ether oxygens (including phenoxy) is 4. The van der Waals surface area contributed by atoms with E-state index in [0.717, 1.165) is 50.7 Å². The van der Waals surface area contributed by atoms with Crippen LogP contribution in [0, 0.1) is 11.8 Å². The Hall–Kier alpha value is -2.33. The number of nitrogens with zero attached hydrogens (tertiary/aromatic N) is 1. The zero-order valence-corrected chi connectivity index (χ0v) is 29.2. The molecule has 8 atom stereocenters. The summed E-state index contributed by atoms with van der Waals surface area (Å²) in [6.07, 6.45) is 17.9. The molecular weight excluding hydrogens is 584 g/mol. The number of hydrogen-bond donors (Lipinski definition) is 1. The van der Waals surface area contributed by atoms with Gasteiger partial charge in [-0.05, 0) is 91.3 Å². The van der Waals surface area contributed by atoms with Crippen molar-refractivity contribution in [2.45, 2.75) is 147 Å². The molecule has 0 unspecified atom stereocenters. The molecule has 4 aliphatic rings. The monoisotopic (exact) mass is 642 g/mol. The van der Waals surface area contributed by atoms with E-state index < -0.39 is 6.10 Å². The predicted octanol–water partition coefficient (Wildman–Crippen LogP) is 5.47. The lowest BCUT2D eigenvalue weighted by atomic mass is 9.81. The van der Waals surface area contributed by atoms with Crippen molar-refractivity contribution < 1.29 is 33.3 Å².